The van der Waals surface area contributed by atoms with Gasteiger partial charge < -0.3 is 25.2 Å². The van der Waals surface area contributed by atoms with Crippen molar-refractivity contribution >= 4 is 17.6 Å². The van der Waals surface area contributed by atoms with Gasteiger partial charge in [0.2, 0.25) is 5.91 Å². The average molecular weight is 252 g/mol. The zero-order chi connectivity index (χ0) is 13.7. The van der Waals surface area contributed by atoms with Crippen molar-refractivity contribution < 1.29 is 24.7 Å². The molecule has 18 heavy (non-hydrogen) atoms. The highest BCUT2D eigenvalue weighted by Gasteiger charge is 2.20. The molecular formula is C12H16N2O4. The molecule has 1 aromatic rings. The number of carbonyl (C=O) groups is 2. The number of quaternary nitrogens is 1. The molecule has 0 radical (unpaired) electrons. The second kappa shape index (κ2) is 6.02. The van der Waals surface area contributed by atoms with Crippen molar-refractivity contribution in [2.75, 3.05) is 19.4 Å². The lowest BCUT2D eigenvalue weighted by Gasteiger charge is -2.21. The molecule has 6 nitrogen and oxygen atoms in total. The van der Waals surface area contributed by atoms with Gasteiger partial charge in [-0.15, -0.1) is 0 Å². The van der Waals surface area contributed by atoms with Gasteiger partial charge in [-0.2, -0.15) is 0 Å². The zero-order valence-electron chi connectivity index (χ0n) is 10.3. The van der Waals surface area contributed by atoms with E-state index in [2.05, 4.69) is 5.32 Å². The van der Waals surface area contributed by atoms with Gasteiger partial charge in [-0.1, -0.05) is 0 Å². The summed E-state index contributed by atoms with van der Waals surface area (Å²) in [5.74, 6) is -1.56. The Bertz CT molecular complexity index is 428. The molecule has 98 valence electrons. The summed E-state index contributed by atoms with van der Waals surface area (Å²) >= 11 is 0. The number of anilines is 1. The molecule has 0 heterocycles. The number of phenols is 1. The third-order valence-electron chi connectivity index (χ3n) is 2.52. The van der Waals surface area contributed by atoms with Gasteiger partial charge in [0, 0.05) is 5.69 Å². The molecule has 0 saturated heterocycles. The predicted molar refractivity (Wildman–Crippen MR) is 63.0 cm³/mol. The number of aliphatic carboxylic acids is 1. The summed E-state index contributed by atoms with van der Waals surface area (Å²) in [7, 11) is 3.29. The highest BCUT2D eigenvalue weighted by Crippen LogP contribution is 2.13. The molecule has 0 aliphatic carbocycles. The van der Waals surface area contributed by atoms with Gasteiger partial charge in [-0.25, -0.2) is 0 Å². The molecule has 0 fully saturated rings. The first-order valence-electron chi connectivity index (χ1n) is 5.50. The third-order valence-corrected chi connectivity index (χ3v) is 2.52. The Kier molecular flexibility index (Phi) is 4.67. The summed E-state index contributed by atoms with van der Waals surface area (Å²) in [6.45, 7) is 0. The van der Waals surface area contributed by atoms with Crippen molar-refractivity contribution in [1.82, 2.24) is 0 Å². The Hall–Kier alpha value is -2.08. The van der Waals surface area contributed by atoms with Crippen LogP contribution < -0.4 is 15.3 Å². The van der Waals surface area contributed by atoms with Crippen LogP contribution in [0.5, 0.6) is 5.75 Å². The fourth-order valence-electron chi connectivity index (χ4n) is 1.47. The number of carboxylic acid groups (broad SMARTS) is 1. The first-order chi connectivity index (χ1) is 8.40. The van der Waals surface area contributed by atoms with E-state index in [0.717, 1.165) is 0 Å². The van der Waals surface area contributed by atoms with Gasteiger partial charge in [0.05, 0.1) is 26.5 Å². The predicted octanol–water partition coefficient (Wildman–Crippen LogP) is -2.02. The Morgan fingerprint density at radius 2 is 1.89 bits per heavy atom. The zero-order valence-corrected chi connectivity index (χ0v) is 10.3. The van der Waals surface area contributed by atoms with Gasteiger partial charge >= 0.3 is 0 Å². The minimum Gasteiger partial charge on any atom is -0.544 e. The molecule has 1 amide bonds. The van der Waals surface area contributed by atoms with Gasteiger partial charge in [-0.3, -0.25) is 4.79 Å². The number of hydrogen-bond donors (Lipinski definition) is 3. The number of aromatic hydroxyl groups is 1. The number of rotatable bonds is 5. The molecule has 1 atom stereocenters. The summed E-state index contributed by atoms with van der Waals surface area (Å²) < 4.78 is 0. The van der Waals surface area contributed by atoms with Gasteiger partial charge in [-0.05, 0) is 24.3 Å². The number of benzene rings is 1. The van der Waals surface area contributed by atoms with Crippen molar-refractivity contribution in [2.24, 2.45) is 0 Å². The van der Waals surface area contributed by atoms with Gasteiger partial charge in [0.15, 0.2) is 0 Å². The number of amides is 1. The summed E-state index contributed by atoms with van der Waals surface area (Å²) in [5, 5.41) is 22.5. The number of phenolic OH excluding ortho intramolecular Hbond substituents is 1. The Balaban J connectivity index is 2.60. The topological polar surface area (TPSA) is 93.9 Å². The maximum atomic E-state index is 11.6. The summed E-state index contributed by atoms with van der Waals surface area (Å²) in [4.78, 5) is 23.1. The fourth-order valence-corrected chi connectivity index (χ4v) is 1.47. The van der Waals surface area contributed by atoms with E-state index in [1.165, 1.54) is 24.3 Å². The summed E-state index contributed by atoms with van der Waals surface area (Å²) in [5.41, 5.74) is 0.503. The monoisotopic (exact) mass is 252 g/mol. The van der Waals surface area contributed by atoms with E-state index in [9.17, 15) is 14.7 Å². The SMILES string of the molecule is C[NH+](C)[C@@H](CC(=O)Nc1ccc(O)cc1)C(=O)[O-]. The van der Waals surface area contributed by atoms with Crippen LogP contribution in [0.4, 0.5) is 5.69 Å². The molecular weight excluding hydrogens is 236 g/mol. The Morgan fingerprint density at radius 3 is 2.33 bits per heavy atom. The molecule has 0 aliphatic heterocycles. The third kappa shape index (κ3) is 4.06. The molecule has 0 aromatic heterocycles. The largest absolute Gasteiger partial charge is 0.544 e. The number of nitrogens with one attached hydrogen (secondary N) is 2. The molecule has 0 unspecified atom stereocenters. The second-order valence-electron chi connectivity index (χ2n) is 4.25. The Labute approximate surface area is 105 Å². The Morgan fingerprint density at radius 1 is 1.33 bits per heavy atom. The maximum Gasteiger partial charge on any atom is 0.230 e. The van der Waals surface area contributed by atoms with E-state index in [0.29, 0.717) is 10.6 Å². The second-order valence-corrected chi connectivity index (χ2v) is 4.25. The van der Waals surface area contributed by atoms with E-state index in [1.54, 1.807) is 14.1 Å². The quantitative estimate of drug-likeness (QED) is 0.527. The number of carbonyl (C=O) groups excluding carboxylic acids is 2. The molecule has 6 heteroatoms. The fraction of sp³-hybridized carbons (Fsp3) is 0.333. The standard InChI is InChI=1S/C12H16N2O4/c1-14(2)10(12(17)18)7-11(16)13-8-3-5-9(15)6-4-8/h3-6,10,15H,7H2,1-2H3,(H,13,16)(H,17,18)/t10-/m0/s1. The summed E-state index contributed by atoms with van der Waals surface area (Å²) in [6, 6.07) is 5.04. The van der Waals surface area contributed by atoms with Crippen LogP contribution in [0.3, 0.4) is 0 Å². The molecule has 0 aliphatic rings. The number of hydrogen-bond acceptors (Lipinski definition) is 4. The molecule has 3 N–H and O–H groups in total. The van der Waals surface area contributed by atoms with Crippen LogP contribution in [0, 0.1) is 0 Å². The van der Waals surface area contributed by atoms with Crippen molar-refractivity contribution in [3.05, 3.63) is 24.3 Å². The van der Waals surface area contributed by atoms with Crippen molar-refractivity contribution in [3.63, 3.8) is 0 Å². The molecule has 1 rings (SSSR count). The number of likely N-dealkylation sites (N-methyl/N-ethyl adjacent to an activating group) is 1. The van der Waals surface area contributed by atoms with Crippen LogP contribution in [0.25, 0.3) is 0 Å². The van der Waals surface area contributed by atoms with Crippen molar-refractivity contribution in [2.45, 2.75) is 12.5 Å². The normalized spacial score (nSPS) is 12.2. The highest BCUT2D eigenvalue weighted by atomic mass is 16.4. The van der Waals surface area contributed by atoms with Gasteiger partial charge in [0.25, 0.3) is 0 Å². The lowest BCUT2D eigenvalue weighted by molar-refractivity contribution is -0.878. The minimum atomic E-state index is -1.25. The first kappa shape index (κ1) is 14.0. The summed E-state index contributed by atoms with van der Waals surface area (Å²) in [6.07, 6.45) is -0.161. The van der Waals surface area contributed by atoms with Crippen molar-refractivity contribution in [3.8, 4) is 5.75 Å². The molecule has 0 bridgehead atoms. The van der Waals surface area contributed by atoms with Crippen LogP contribution in [-0.4, -0.2) is 37.1 Å². The van der Waals surface area contributed by atoms with Crippen LogP contribution in [0.2, 0.25) is 0 Å². The van der Waals surface area contributed by atoms with E-state index < -0.39 is 17.9 Å². The van der Waals surface area contributed by atoms with Crippen LogP contribution in [-0.2, 0) is 9.59 Å². The van der Waals surface area contributed by atoms with E-state index in [-0.39, 0.29) is 12.2 Å². The highest BCUT2D eigenvalue weighted by molar-refractivity contribution is 5.93. The van der Waals surface area contributed by atoms with E-state index in [1.807, 2.05) is 0 Å². The van der Waals surface area contributed by atoms with Crippen molar-refractivity contribution in [1.29, 1.82) is 0 Å². The molecule has 1 aromatic carbocycles. The number of carboxylic acids is 1. The van der Waals surface area contributed by atoms with Gasteiger partial charge in [0.1, 0.15) is 11.8 Å². The van der Waals surface area contributed by atoms with E-state index >= 15 is 0 Å². The van der Waals surface area contributed by atoms with Crippen LogP contribution >= 0.6 is 0 Å². The molecule has 0 spiro atoms. The van der Waals surface area contributed by atoms with Crippen LogP contribution in [0.1, 0.15) is 6.42 Å². The lowest BCUT2D eigenvalue weighted by Crippen LogP contribution is -3.12. The average Bonchev–Trinajstić information content (AvgIpc) is 2.28. The smallest absolute Gasteiger partial charge is 0.230 e. The molecule has 0 saturated carbocycles. The lowest BCUT2D eigenvalue weighted by atomic mass is 10.2. The minimum absolute atomic E-state index is 0.0957. The van der Waals surface area contributed by atoms with E-state index in [4.69, 9.17) is 5.11 Å². The van der Waals surface area contributed by atoms with Crippen LogP contribution in [0.15, 0.2) is 24.3 Å². The first-order valence-corrected chi connectivity index (χ1v) is 5.50. The maximum absolute atomic E-state index is 11.6.